The van der Waals surface area contributed by atoms with E-state index in [1.165, 1.54) is 7.11 Å². The molecule has 0 saturated carbocycles. The van der Waals surface area contributed by atoms with Gasteiger partial charge in [-0.15, -0.1) is 0 Å². The monoisotopic (exact) mass is 290 g/mol. The molecule has 20 heavy (non-hydrogen) atoms. The Bertz CT molecular complexity index is 426. The summed E-state index contributed by atoms with van der Waals surface area (Å²) in [6, 6.07) is 7.07. The second-order valence-corrected chi connectivity index (χ2v) is 4.58. The summed E-state index contributed by atoms with van der Waals surface area (Å²) in [5.41, 5.74) is 0.905. The molecule has 1 aromatic carbocycles. The molecule has 0 amide bonds. The maximum absolute atomic E-state index is 12.6. The lowest BCUT2D eigenvalue weighted by Crippen LogP contribution is -2.25. The number of methoxy groups -OCH3 is 1. The molecular weight excluding hydrogens is 273 g/mol. The van der Waals surface area contributed by atoms with E-state index in [-0.39, 0.29) is 6.42 Å². The normalized spacial score (nSPS) is 13.0. The van der Waals surface area contributed by atoms with Gasteiger partial charge in [0.1, 0.15) is 5.75 Å². The minimum Gasteiger partial charge on any atom is -0.497 e. The summed E-state index contributed by atoms with van der Waals surface area (Å²) < 4.78 is 42.9. The molecule has 0 aliphatic rings. The van der Waals surface area contributed by atoms with Crippen molar-refractivity contribution in [2.45, 2.75) is 31.9 Å². The van der Waals surface area contributed by atoms with Gasteiger partial charge in [-0.25, -0.2) is 0 Å². The van der Waals surface area contributed by atoms with Crippen molar-refractivity contribution in [1.29, 1.82) is 0 Å². The van der Waals surface area contributed by atoms with Crippen molar-refractivity contribution in [2.75, 3.05) is 7.11 Å². The Kier molecular flexibility index (Phi) is 5.85. The maximum Gasteiger partial charge on any atom is 0.392 e. The Balaban J connectivity index is 2.49. The first-order chi connectivity index (χ1) is 9.32. The molecular formula is C14H17F3O3. The van der Waals surface area contributed by atoms with Crippen molar-refractivity contribution < 1.29 is 27.8 Å². The third kappa shape index (κ3) is 5.50. The molecule has 1 atom stereocenters. The predicted octanol–water partition coefficient (Wildman–Crippen LogP) is 3.67. The first kappa shape index (κ1) is 16.3. The molecule has 1 aromatic rings. The Hall–Kier alpha value is -1.72. The van der Waals surface area contributed by atoms with E-state index in [1.54, 1.807) is 24.3 Å². The highest BCUT2D eigenvalue weighted by molar-refractivity contribution is 5.67. The van der Waals surface area contributed by atoms with Gasteiger partial charge in [-0.3, -0.25) is 4.79 Å². The molecule has 0 bridgehead atoms. The molecule has 0 aliphatic carbocycles. The number of hydrogen-bond donors (Lipinski definition) is 1. The number of benzene rings is 1. The maximum atomic E-state index is 12.6. The molecule has 3 nitrogen and oxygen atoms in total. The lowest BCUT2D eigenvalue weighted by molar-refractivity contribution is -0.184. The third-order valence-electron chi connectivity index (χ3n) is 3.06. The predicted molar refractivity (Wildman–Crippen MR) is 67.7 cm³/mol. The molecule has 6 heteroatoms. The SMILES string of the molecule is COc1ccc(CCCC(CC(=O)O)C(F)(F)F)cc1. The zero-order chi connectivity index (χ0) is 15.2. The van der Waals surface area contributed by atoms with Gasteiger partial charge in [0.25, 0.3) is 0 Å². The molecule has 1 rings (SSSR count). The number of halogens is 3. The molecule has 0 aromatic heterocycles. The molecule has 112 valence electrons. The van der Waals surface area contributed by atoms with Crippen molar-refractivity contribution in [3.63, 3.8) is 0 Å². The summed E-state index contributed by atoms with van der Waals surface area (Å²) >= 11 is 0. The first-order valence-electron chi connectivity index (χ1n) is 6.24. The summed E-state index contributed by atoms with van der Waals surface area (Å²) in [5, 5.41) is 8.51. The zero-order valence-electron chi connectivity index (χ0n) is 11.1. The number of carboxylic acid groups (broad SMARTS) is 1. The second-order valence-electron chi connectivity index (χ2n) is 4.58. The van der Waals surface area contributed by atoms with Crippen molar-refractivity contribution in [1.82, 2.24) is 0 Å². The van der Waals surface area contributed by atoms with Crippen LogP contribution in [0.3, 0.4) is 0 Å². The number of aliphatic carboxylic acids is 1. The van der Waals surface area contributed by atoms with Gasteiger partial charge in [0.05, 0.1) is 19.4 Å². The Labute approximate surface area is 115 Å². The van der Waals surface area contributed by atoms with Crippen LogP contribution in [0.5, 0.6) is 5.75 Å². The van der Waals surface area contributed by atoms with Crippen LogP contribution in [0.4, 0.5) is 13.2 Å². The number of carboxylic acids is 1. The molecule has 0 spiro atoms. The van der Waals surface area contributed by atoms with Crippen molar-refractivity contribution >= 4 is 5.97 Å². The molecule has 0 aliphatic heterocycles. The van der Waals surface area contributed by atoms with Crippen LogP contribution in [-0.2, 0) is 11.2 Å². The molecule has 1 unspecified atom stereocenters. The first-order valence-corrected chi connectivity index (χ1v) is 6.24. The van der Waals surface area contributed by atoms with E-state index in [1.807, 2.05) is 0 Å². The molecule has 0 radical (unpaired) electrons. The minimum atomic E-state index is -4.46. The highest BCUT2D eigenvalue weighted by Gasteiger charge is 2.40. The average Bonchev–Trinajstić information content (AvgIpc) is 2.37. The molecule has 0 saturated heterocycles. The standard InChI is InChI=1S/C14H17F3O3/c1-20-12-7-5-10(6-8-12)3-2-4-11(9-13(18)19)14(15,16)17/h5-8,11H,2-4,9H2,1H3,(H,18,19). The fourth-order valence-corrected chi connectivity index (χ4v) is 1.94. The second kappa shape index (κ2) is 7.17. The van der Waals surface area contributed by atoms with Crippen LogP contribution in [0.1, 0.15) is 24.8 Å². The van der Waals surface area contributed by atoms with E-state index in [0.717, 1.165) is 5.56 Å². The summed E-state index contributed by atoms with van der Waals surface area (Å²) in [5.74, 6) is -2.51. The zero-order valence-corrected chi connectivity index (χ0v) is 11.1. The fraction of sp³-hybridized carbons (Fsp3) is 0.500. The van der Waals surface area contributed by atoms with Gasteiger partial charge >= 0.3 is 12.1 Å². The topological polar surface area (TPSA) is 46.5 Å². The van der Waals surface area contributed by atoms with Gasteiger partial charge in [0.15, 0.2) is 0 Å². The van der Waals surface area contributed by atoms with Gasteiger partial charge in [-0.05, 0) is 37.0 Å². The van der Waals surface area contributed by atoms with Gasteiger partial charge in [-0.1, -0.05) is 12.1 Å². The largest absolute Gasteiger partial charge is 0.497 e. The minimum absolute atomic E-state index is 0.179. The number of alkyl halides is 3. The van der Waals surface area contributed by atoms with E-state index in [2.05, 4.69) is 0 Å². The van der Waals surface area contributed by atoms with E-state index in [0.29, 0.717) is 18.6 Å². The molecule has 1 N–H and O–H groups in total. The lowest BCUT2D eigenvalue weighted by atomic mass is 9.96. The average molecular weight is 290 g/mol. The van der Waals surface area contributed by atoms with Gasteiger partial charge in [-0.2, -0.15) is 13.2 Å². The van der Waals surface area contributed by atoms with Crippen LogP contribution in [0, 0.1) is 5.92 Å². The Morgan fingerprint density at radius 1 is 1.30 bits per heavy atom. The highest BCUT2D eigenvalue weighted by Crippen LogP contribution is 2.32. The van der Waals surface area contributed by atoms with Crippen molar-refractivity contribution in [2.24, 2.45) is 5.92 Å². The third-order valence-corrected chi connectivity index (χ3v) is 3.06. The number of hydrogen-bond acceptors (Lipinski definition) is 2. The lowest BCUT2D eigenvalue weighted by Gasteiger charge is -2.18. The summed E-state index contributed by atoms with van der Waals surface area (Å²) in [4.78, 5) is 10.4. The van der Waals surface area contributed by atoms with E-state index in [9.17, 15) is 18.0 Å². The van der Waals surface area contributed by atoms with Gasteiger partial charge < -0.3 is 9.84 Å². The summed E-state index contributed by atoms with van der Waals surface area (Å²) in [6.45, 7) is 0. The smallest absolute Gasteiger partial charge is 0.392 e. The number of rotatable bonds is 7. The van der Waals surface area contributed by atoms with Gasteiger partial charge in [0, 0.05) is 0 Å². The van der Waals surface area contributed by atoms with E-state index < -0.39 is 24.5 Å². The highest BCUT2D eigenvalue weighted by atomic mass is 19.4. The molecule has 0 fully saturated rings. The van der Waals surface area contributed by atoms with Crippen LogP contribution >= 0.6 is 0 Å². The van der Waals surface area contributed by atoms with Crippen LogP contribution < -0.4 is 4.74 Å². The quantitative estimate of drug-likeness (QED) is 0.833. The number of aryl methyl sites for hydroxylation is 1. The fourth-order valence-electron chi connectivity index (χ4n) is 1.94. The molecule has 0 heterocycles. The van der Waals surface area contributed by atoms with Crippen molar-refractivity contribution in [3.05, 3.63) is 29.8 Å². The van der Waals surface area contributed by atoms with Crippen LogP contribution in [0.25, 0.3) is 0 Å². The summed E-state index contributed by atoms with van der Waals surface area (Å²) in [6.07, 6.45) is -4.73. The van der Waals surface area contributed by atoms with Crippen LogP contribution in [-0.4, -0.2) is 24.4 Å². The van der Waals surface area contributed by atoms with E-state index in [4.69, 9.17) is 9.84 Å². The van der Waals surface area contributed by atoms with Crippen molar-refractivity contribution in [3.8, 4) is 5.75 Å². The Morgan fingerprint density at radius 3 is 2.35 bits per heavy atom. The summed E-state index contributed by atoms with van der Waals surface area (Å²) in [7, 11) is 1.54. The van der Waals surface area contributed by atoms with Crippen LogP contribution in [0.15, 0.2) is 24.3 Å². The Morgan fingerprint density at radius 2 is 1.90 bits per heavy atom. The van der Waals surface area contributed by atoms with E-state index >= 15 is 0 Å². The van der Waals surface area contributed by atoms with Gasteiger partial charge in [0.2, 0.25) is 0 Å². The van der Waals surface area contributed by atoms with Crippen LogP contribution in [0.2, 0.25) is 0 Å². The number of ether oxygens (including phenoxy) is 1. The number of carbonyl (C=O) groups is 1.